The van der Waals surface area contributed by atoms with E-state index in [1.165, 1.54) is 12.1 Å². The van der Waals surface area contributed by atoms with Gasteiger partial charge in [0, 0.05) is 11.4 Å². The molecule has 0 fully saturated rings. The SMILES string of the molecule is CC1=C(C(=O)Nc2cccc(C(F)(F)F)c2)[C@H](c2ccc(C)cc2)n2c(nc3ccccc32)N1. The number of hydrogen-bond donors (Lipinski definition) is 2. The Bertz CT molecular complexity index is 1430. The summed E-state index contributed by atoms with van der Waals surface area (Å²) in [4.78, 5) is 18.2. The Morgan fingerprint density at radius 3 is 2.47 bits per heavy atom. The van der Waals surface area contributed by atoms with E-state index in [9.17, 15) is 18.0 Å². The van der Waals surface area contributed by atoms with Crippen LogP contribution in [-0.4, -0.2) is 15.5 Å². The van der Waals surface area contributed by atoms with Crippen LogP contribution in [0.15, 0.2) is 84.1 Å². The molecular formula is C26H21F3N4O. The molecule has 5 nitrogen and oxygen atoms in total. The van der Waals surface area contributed by atoms with E-state index in [1.807, 2.05) is 60.0 Å². The largest absolute Gasteiger partial charge is 0.416 e. The summed E-state index contributed by atoms with van der Waals surface area (Å²) < 4.78 is 41.5. The number of benzene rings is 3. The Balaban J connectivity index is 1.61. The Morgan fingerprint density at radius 2 is 1.74 bits per heavy atom. The topological polar surface area (TPSA) is 59.0 Å². The van der Waals surface area contributed by atoms with Crippen molar-refractivity contribution in [3.8, 4) is 0 Å². The minimum absolute atomic E-state index is 0.0732. The van der Waals surface area contributed by atoms with Gasteiger partial charge in [0.15, 0.2) is 0 Å². The first kappa shape index (κ1) is 21.8. The third-order valence-electron chi connectivity index (χ3n) is 5.92. The number of para-hydroxylation sites is 2. The number of aromatic nitrogens is 2. The second-order valence-corrected chi connectivity index (χ2v) is 8.30. The molecular weight excluding hydrogens is 441 g/mol. The number of carbonyl (C=O) groups is 1. The molecule has 1 aliphatic heterocycles. The molecule has 1 amide bonds. The van der Waals surface area contributed by atoms with Crippen LogP contribution in [0.4, 0.5) is 24.8 Å². The molecule has 0 unspecified atom stereocenters. The van der Waals surface area contributed by atoms with Gasteiger partial charge in [0.05, 0.1) is 28.2 Å². The molecule has 4 aromatic rings. The Kier molecular flexibility index (Phi) is 5.16. The molecule has 1 aromatic heterocycles. The van der Waals surface area contributed by atoms with Crippen molar-refractivity contribution in [2.24, 2.45) is 0 Å². The fraction of sp³-hybridized carbons (Fsp3) is 0.154. The quantitative estimate of drug-likeness (QED) is 0.376. The summed E-state index contributed by atoms with van der Waals surface area (Å²) >= 11 is 0. The maximum Gasteiger partial charge on any atom is 0.416 e. The van der Waals surface area contributed by atoms with Gasteiger partial charge in [0.2, 0.25) is 5.95 Å². The zero-order valence-corrected chi connectivity index (χ0v) is 18.4. The Labute approximate surface area is 193 Å². The molecule has 0 radical (unpaired) electrons. The zero-order chi connectivity index (χ0) is 24.0. The summed E-state index contributed by atoms with van der Waals surface area (Å²) in [6.45, 7) is 3.75. The molecule has 3 aromatic carbocycles. The van der Waals surface area contributed by atoms with Gasteiger partial charge in [-0.3, -0.25) is 9.36 Å². The standard InChI is InChI=1S/C26H21F3N4O/c1-15-10-12-17(13-11-15)23-22(24(34)31-19-7-5-6-18(14-19)26(27,28)29)16(2)30-25-32-20-8-3-4-9-21(20)33(23)25/h3-14,23H,1-2H3,(H,30,32)(H,31,34)/t23-/m0/s1. The van der Waals surface area contributed by atoms with Crippen molar-refractivity contribution in [1.82, 2.24) is 9.55 Å². The third kappa shape index (κ3) is 3.81. The number of aryl methyl sites for hydroxylation is 1. The van der Waals surface area contributed by atoms with E-state index in [0.717, 1.165) is 34.3 Å². The van der Waals surface area contributed by atoms with Gasteiger partial charge in [-0.15, -0.1) is 0 Å². The average Bonchev–Trinajstić information content (AvgIpc) is 3.16. The van der Waals surface area contributed by atoms with Gasteiger partial charge in [-0.05, 0) is 49.7 Å². The lowest BCUT2D eigenvalue weighted by molar-refractivity contribution is -0.137. The third-order valence-corrected chi connectivity index (χ3v) is 5.92. The van der Waals surface area contributed by atoms with Crippen molar-refractivity contribution in [1.29, 1.82) is 0 Å². The molecule has 1 atom stereocenters. The van der Waals surface area contributed by atoms with E-state index in [-0.39, 0.29) is 5.69 Å². The van der Waals surface area contributed by atoms with E-state index in [1.54, 1.807) is 6.92 Å². The number of allylic oxidation sites excluding steroid dienone is 1. The zero-order valence-electron chi connectivity index (χ0n) is 18.4. The van der Waals surface area contributed by atoms with Crippen molar-refractivity contribution in [2.75, 3.05) is 10.6 Å². The monoisotopic (exact) mass is 462 g/mol. The van der Waals surface area contributed by atoms with Gasteiger partial charge < -0.3 is 10.6 Å². The summed E-state index contributed by atoms with van der Waals surface area (Å²) in [6, 6.07) is 19.6. The number of anilines is 2. The van der Waals surface area contributed by atoms with Crippen LogP contribution in [0.5, 0.6) is 0 Å². The van der Waals surface area contributed by atoms with Crippen LogP contribution in [-0.2, 0) is 11.0 Å². The second-order valence-electron chi connectivity index (χ2n) is 8.30. The van der Waals surface area contributed by atoms with Crippen LogP contribution >= 0.6 is 0 Å². The highest BCUT2D eigenvalue weighted by Gasteiger charge is 2.35. The van der Waals surface area contributed by atoms with E-state index < -0.39 is 23.7 Å². The maximum absolute atomic E-state index is 13.5. The van der Waals surface area contributed by atoms with Crippen molar-refractivity contribution in [2.45, 2.75) is 26.1 Å². The predicted molar refractivity (Wildman–Crippen MR) is 125 cm³/mol. The molecule has 1 aliphatic rings. The highest BCUT2D eigenvalue weighted by atomic mass is 19.4. The molecule has 0 saturated carbocycles. The van der Waals surface area contributed by atoms with Gasteiger partial charge in [-0.25, -0.2) is 4.98 Å². The molecule has 0 aliphatic carbocycles. The lowest BCUT2D eigenvalue weighted by Gasteiger charge is -2.31. The number of amides is 1. The first-order valence-corrected chi connectivity index (χ1v) is 10.7. The fourth-order valence-electron chi connectivity index (χ4n) is 4.29. The van der Waals surface area contributed by atoms with Crippen LogP contribution < -0.4 is 10.6 Å². The molecule has 34 heavy (non-hydrogen) atoms. The van der Waals surface area contributed by atoms with Crippen molar-refractivity contribution >= 4 is 28.6 Å². The van der Waals surface area contributed by atoms with Crippen molar-refractivity contribution < 1.29 is 18.0 Å². The van der Waals surface area contributed by atoms with Gasteiger partial charge >= 0.3 is 6.18 Å². The second kappa shape index (κ2) is 8.06. The number of nitrogens with zero attached hydrogens (tertiary/aromatic N) is 2. The molecule has 2 N–H and O–H groups in total. The number of alkyl halides is 3. The highest BCUT2D eigenvalue weighted by Crippen LogP contribution is 2.39. The number of hydrogen-bond acceptors (Lipinski definition) is 3. The smallest absolute Gasteiger partial charge is 0.329 e. The van der Waals surface area contributed by atoms with Crippen molar-refractivity contribution in [3.63, 3.8) is 0 Å². The van der Waals surface area contributed by atoms with Crippen LogP contribution in [0.2, 0.25) is 0 Å². The maximum atomic E-state index is 13.5. The van der Waals surface area contributed by atoms with Gasteiger partial charge in [0.1, 0.15) is 0 Å². The number of halogens is 3. The summed E-state index contributed by atoms with van der Waals surface area (Å²) in [5, 5.41) is 5.87. The van der Waals surface area contributed by atoms with Gasteiger partial charge in [-0.2, -0.15) is 13.2 Å². The predicted octanol–water partition coefficient (Wildman–Crippen LogP) is 6.29. The van der Waals surface area contributed by atoms with E-state index in [0.29, 0.717) is 17.2 Å². The van der Waals surface area contributed by atoms with Crippen LogP contribution in [0.1, 0.15) is 29.7 Å². The van der Waals surface area contributed by atoms with Crippen LogP contribution in [0.25, 0.3) is 11.0 Å². The first-order valence-electron chi connectivity index (χ1n) is 10.7. The normalized spacial score (nSPS) is 15.7. The van der Waals surface area contributed by atoms with Gasteiger partial charge in [-0.1, -0.05) is 48.0 Å². The first-order chi connectivity index (χ1) is 16.2. The number of carbonyl (C=O) groups excluding carboxylic acids is 1. The molecule has 2 heterocycles. The Morgan fingerprint density at radius 1 is 1.00 bits per heavy atom. The number of nitrogens with one attached hydrogen (secondary N) is 2. The van der Waals surface area contributed by atoms with Crippen LogP contribution in [0, 0.1) is 6.92 Å². The molecule has 172 valence electrons. The number of imidazole rings is 1. The lowest BCUT2D eigenvalue weighted by atomic mass is 9.93. The van der Waals surface area contributed by atoms with E-state index in [2.05, 4.69) is 15.6 Å². The molecule has 0 spiro atoms. The molecule has 0 saturated heterocycles. The number of rotatable bonds is 3. The van der Waals surface area contributed by atoms with Crippen molar-refractivity contribution in [3.05, 3.63) is 101 Å². The summed E-state index contributed by atoms with van der Waals surface area (Å²) in [7, 11) is 0. The Hall–Kier alpha value is -4.07. The van der Waals surface area contributed by atoms with Crippen LogP contribution in [0.3, 0.4) is 0 Å². The highest BCUT2D eigenvalue weighted by molar-refractivity contribution is 6.06. The minimum Gasteiger partial charge on any atom is -0.329 e. The van der Waals surface area contributed by atoms with E-state index in [4.69, 9.17) is 0 Å². The minimum atomic E-state index is -4.50. The molecule has 0 bridgehead atoms. The molecule has 8 heteroatoms. The number of fused-ring (bicyclic) bond motifs is 3. The lowest BCUT2D eigenvalue weighted by Crippen LogP contribution is -2.31. The molecule has 5 rings (SSSR count). The summed E-state index contributed by atoms with van der Waals surface area (Å²) in [5.74, 6) is 0.109. The summed E-state index contributed by atoms with van der Waals surface area (Å²) in [6.07, 6.45) is -4.50. The fourth-order valence-corrected chi connectivity index (χ4v) is 4.29. The van der Waals surface area contributed by atoms with Gasteiger partial charge in [0.25, 0.3) is 5.91 Å². The summed E-state index contributed by atoms with van der Waals surface area (Å²) in [5.41, 5.74) is 3.78. The van der Waals surface area contributed by atoms with E-state index >= 15 is 0 Å². The average molecular weight is 462 g/mol.